The number of aryl methyl sites for hydroxylation is 1. The molecule has 1 aromatic carbocycles. The van der Waals surface area contributed by atoms with E-state index in [9.17, 15) is 18.0 Å². The van der Waals surface area contributed by atoms with Crippen LogP contribution in [0.4, 0.5) is 0 Å². The first kappa shape index (κ1) is 25.9. The van der Waals surface area contributed by atoms with Crippen LogP contribution in [0.15, 0.2) is 23.1 Å². The van der Waals surface area contributed by atoms with Crippen LogP contribution in [0.3, 0.4) is 0 Å². The number of piperidine rings is 1. The van der Waals surface area contributed by atoms with Crippen LogP contribution in [0.2, 0.25) is 0 Å². The number of aromatic nitrogens is 3. The van der Waals surface area contributed by atoms with E-state index in [-0.39, 0.29) is 42.6 Å². The van der Waals surface area contributed by atoms with Gasteiger partial charge in [-0.2, -0.15) is 4.31 Å². The molecular weight excluding hydrogens is 482 g/mol. The molecule has 1 amide bonds. The van der Waals surface area contributed by atoms with Gasteiger partial charge in [0.1, 0.15) is 16.3 Å². The molecule has 1 aliphatic heterocycles. The lowest BCUT2D eigenvalue weighted by molar-refractivity contribution is -0.126. The lowest BCUT2D eigenvalue weighted by Gasteiger charge is -2.31. The van der Waals surface area contributed by atoms with Crippen molar-refractivity contribution in [1.29, 1.82) is 0 Å². The van der Waals surface area contributed by atoms with Crippen molar-refractivity contribution in [3.8, 4) is 0 Å². The molecule has 10 nitrogen and oxygen atoms in total. The Bertz CT molecular complexity index is 1420. The number of amides is 1. The molecule has 194 valence electrons. The number of ether oxygens (including phenoxy) is 1. The summed E-state index contributed by atoms with van der Waals surface area (Å²) < 4.78 is 35.6. The Morgan fingerprint density at radius 2 is 1.97 bits per heavy atom. The lowest BCUT2D eigenvalue weighted by Crippen LogP contribution is -2.45. The second-order valence-corrected chi connectivity index (χ2v) is 11.2. The summed E-state index contributed by atoms with van der Waals surface area (Å²) in [4.78, 5) is 33.3. The SMILES string of the molecule is CCOC(=O)c1c(S(=O)(=O)N2CCC[C@@H](C(=O)NCc3nc4ccc(C)cc4[nH]3)C2)c(C)n(C)c1C. The van der Waals surface area contributed by atoms with E-state index in [1.54, 1.807) is 32.4 Å². The Hall–Kier alpha value is -3.18. The van der Waals surface area contributed by atoms with E-state index < -0.39 is 21.9 Å². The van der Waals surface area contributed by atoms with Gasteiger partial charge in [0.2, 0.25) is 15.9 Å². The molecule has 1 fully saturated rings. The van der Waals surface area contributed by atoms with Crippen molar-refractivity contribution in [1.82, 2.24) is 24.2 Å². The van der Waals surface area contributed by atoms with Gasteiger partial charge in [0.05, 0.1) is 30.1 Å². The highest BCUT2D eigenvalue weighted by atomic mass is 32.2. The van der Waals surface area contributed by atoms with Crippen LogP contribution in [-0.2, 0) is 33.1 Å². The summed E-state index contributed by atoms with van der Waals surface area (Å²) in [7, 11) is -2.31. The highest BCUT2D eigenvalue weighted by Gasteiger charge is 2.39. The van der Waals surface area contributed by atoms with Crippen molar-refractivity contribution < 1.29 is 22.7 Å². The van der Waals surface area contributed by atoms with E-state index in [1.165, 1.54) is 4.31 Å². The smallest absolute Gasteiger partial charge is 0.341 e. The molecule has 11 heteroatoms. The Balaban J connectivity index is 1.51. The molecule has 36 heavy (non-hydrogen) atoms. The summed E-state index contributed by atoms with van der Waals surface area (Å²) in [6, 6.07) is 5.90. The highest BCUT2D eigenvalue weighted by molar-refractivity contribution is 7.89. The molecule has 3 heterocycles. The maximum Gasteiger partial charge on any atom is 0.341 e. The van der Waals surface area contributed by atoms with Crippen molar-refractivity contribution in [2.24, 2.45) is 13.0 Å². The number of benzene rings is 1. The second kappa shape index (κ2) is 10.1. The molecular formula is C25H33N5O5S. The summed E-state index contributed by atoms with van der Waals surface area (Å²) in [5, 5.41) is 2.89. The number of sulfonamides is 1. The van der Waals surface area contributed by atoms with Crippen LogP contribution >= 0.6 is 0 Å². The topological polar surface area (TPSA) is 126 Å². The molecule has 0 radical (unpaired) electrons. The first-order valence-electron chi connectivity index (χ1n) is 12.1. The van der Waals surface area contributed by atoms with E-state index >= 15 is 0 Å². The minimum atomic E-state index is -4.03. The number of aromatic amines is 1. The average Bonchev–Trinajstić information content (AvgIpc) is 3.36. The van der Waals surface area contributed by atoms with E-state index in [2.05, 4.69) is 15.3 Å². The van der Waals surface area contributed by atoms with E-state index in [0.717, 1.165) is 16.6 Å². The normalized spacial score (nSPS) is 16.9. The number of nitrogens with one attached hydrogen (secondary N) is 2. The Morgan fingerprint density at radius 3 is 2.69 bits per heavy atom. The number of imidazole rings is 1. The minimum absolute atomic E-state index is 0.0421. The van der Waals surface area contributed by atoms with Crippen molar-refractivity contribution in [3.05, 3.63) is 46.5 Å². The number of nitrogens with zero attached hydrogens (tertiary/aromatic N) is 3. The number of hydrogen-bond donors (Lipinski definition) is 2. The summed E-state index contributed by atoms with van der Waals surface area (Å²) in [5.74, 6) is -0.752. The zero-order valence-corrected chi connectivity index (χ0v) is 22.2. The lowest BCUT2D eigenvalue weighted by atomic mass is 9.99. The molecule has 4 rings (SSSR count). The molecule has 0 unspecified atom stereocenters. The predicted molar refractivity (Wildman–Crippen MR) is 135 cm³/mol. The summed E-state index contributed by atoms with van der Waals surface area (Å²) in [6.07, 6.45) is 1.12. The quantitative estimate of drug-likeness (QED) is 0.466. The number of carbonyl (C=O) groups is 2. The predicted octanol–water partition coefficient (Wildman–Crippen LogP) is 2.72. The summed E-state index contributed by atoms with van der Waals surface area (Å²) in [6.45, 7) is 7.74. The Morgan fingerprint density at radius 1 is 1.22 bits per heavy atom. The van der Waals surface area contributed by atoms with Crippen molar-refractivity contribution in [3.63, 3.8) is 0 Å². The van der Waals surface area contributed by atoms with Crippen LogP contribution < -0.4 is 5.32 Å². The van der Waals surface area contributed by atoms with Crippen molar-refractivity contribution in [2.75, 3.05) is 19.7 Å². The van der Waals surface area contributed by atoms with Crippen LogP contribution in [-0.4, -0.2) is 58.8 Å². The standard InChI is InChI=1S/C25H33N5O5S/c1-6-35-25(32)22-16(3)29(5)17(4)23(22)36(33,34)30-11-7-8-18(14-30)24(31)26-13-21-27-19-10-9-15(2)12-20(19)28-21/h9-10,12,18H,6-8,11,13-14H2,1-5H3,(H,26,31)(H,27,28)/t18-/m1/s1. The zero-order chi connectivity index (χ0) is 26.2. The maximum absolute atomic E-state index is 13.7. The molecule has 2 N–H and O–H groups in total. The van der Waals surface area contributed by atoms with Crippen LogP contribution in [0.1, 0.15) is 52.9 Å². The molecule has 1 saturated heterocycles. The minimum Gasteiger partial charge on any atom is -0.462 e. The number of carbonyl (C=O) groups excluding carboxylic acids is 2. The van der Waals surface area contributed by atoms with Gasteiger partial charge in [-0.3, -0.25) is 4.79 Å². The molecule has 1 atom stereocenters. The number of hydrogen-bond acceptors (Lipinski definition) is 6. The van der Waals surface area contributed by atoms with Gasteiger partial charge in [0, 0.05) is 31.5 Å². The van der Waals surface area contributed by atoms with Crippen LogP contribution in [0, 0.1) is 26.7 Å². The fourth-order valence-corrected chi connectivity index (χ4v) is 6.76. The van der Waals surface area contributed by atoms with Gasteiger partial charge in [-0.15, -0.1) is 0 Å². The second-order valence-electron chi connectivity index (χ2n) is 9.28. The Kier molecular flexibility index (Phi) is 7.24. The van der Waals surface area contributed by atoms with Crippen molar-refractivity contribution >= 4 is 32.9 Å². The van der Waals surface area contributed by atoms with Crippen LogP contribution in [0.25, 0.3) is 11.0 Å². The van der Waals surface area contributed by atoms with Gasteiger partial charge in [-0.05, 0) is 58.2 Å². The largest absolute Gasteiger partial charge is 0.462 e. The van der Waals surface area contributed by atoms with Gasteiger partial charge in [-0.25, -0.2) is 18.2 Å². The number of fused-ring (bicyclic) bond motifs is 1. The van der Waals surface area contributed by atoms with Gasteiger partial charge in [0.25, 0.3) is 0 Å². The van der Waals surface area contributed by atoms with E-state index in [1.807, 2.05) is 25.1 Å². The molecule has 1 aliphatic rings. The molecule has 2 aromatic heterocycles. The fraction of sp³-hybridized carbons (Fsp3) is 0.480. The monoisotopic (exact) mass is 515 g/mol. The third-order valence-electron chi connectivity index (χ3n) is 6.87. The third-order valence-corrected chi connectivity index (χ3v) is 8.90. The maximum atomic E-state index is 13.7. The first-order chi connectivity index (χ1) is 17.0. The van der Waals surface area contributed by atoms with Gasteiger partial charge < -0.3 is 19.6 Å². The van der Waals surface area contributed by atoms with E-state index in [4.69, 9.17) is 4.74 Å². The summed E-state index contributed by atoms with van der Waals surface area (Å²) in [5.41, 5.74) is 3.88. The summed E-state index contributed by atoms with van der Waals surface area (Å²) >= 11 is 0. The Labute approximate surface area is 211 Å². The first-order valence-corrected chi connectivity index (χ1v) is 13.5. The highest BCUT2D eigenvalue weighted by Crippen LogP contribution is 2.32. The fourth-order valence-electron chi connectivity index (χ4n) is 4.76. The van der Waals surface area contributed by atoms with E-state index in [0.29, 0.717) is 30.1 Å². The molecule has 0 bridgehead atoms. The van der Waals surface area contributed by atoms with Gasteiger partial charge >= 0.3 is 5.97 Å². The molecule has 0 saturated carbocycles. The molecule has 0 spiro atoms. The average molecular weight is 516 g/mol. The zero-order valence-electron chi connectivity index (χ0n) is 21.3. The number of rotatable bonds is 7. The van der Waals surface area contributed by atoms with Crippen molar-refractivity contribution in [2.45, 2.75) is 52.0 Å². The number of esters is 1. The number of H-pyrrole nitrogens is 1. The molecule has 0 aliphatic carbocycles. The molecule has 3 aromatic rings. The third kappa shape index (κ3) is 4.77. The van der Waals surface area contributed by atoms with Crippen LogP contribution in [0.5, 0.6) is 0 Å². The van der Waals surface area contributed by atoms with Gasteiger partial charge in [-0.1, -0.05) is 6.07 Å². The van der Waals surface area contributed by atoms with Gasteiger partial charge in [0.15, 0.2) is 0 Å².